The third-order valence-corrected chi connectivity index (χ3v) is 5.52. The third kappa shape index (κ3) is 4.04. The molecule has 1 fully saturated rings. The minimum absolute atomic E-state index is 0.104. The number of halogens is 4. The van der Waals surface area contributed by atoms with Gasteiger partial charge in [-0.1, -0.05) is 53.2 Å². The zero-order chi connectivity index (χ0) is 22.1. The van der Waals surface area contributed by atoms with E-state index in [0.717, 1.165) is 17.0 Å². The minimum atomic E-state index is -4.61. The van der Waals surface area contributed by atoms with Crippen molar-refractivity contribution in [1.29, 1.82) is 0 Å². The number of benzene rings is 2. The average Bonchev–Trinajstić information content (AvgIpc) is 2.94. The monoisotopic (exact) mass is 483 g/mol. The van der Waals surface area contributed by atoms with Crippen molar-refractivity contribution in [2.75, 3.05) is 11.9 Å². The van der Waals surface area contributed by atoms with E-state index in [1.54, 1.807) is 37.3 Å². The molecular formula is C20H17BrF3N3O3. The summed E-state index contributed by atoms with van der Waals surface area (Å²) < 4.78 is 38.9. The largest absolute Gasteiger partial charge is 0.417 e. The molecule has 158 valence electrons. The van der Waals surface area contributed by atoms with Crippen LogP contribution in [0.4, 0.5) is 23.7 Å². The van der Waals surface area contributed by atoms with E-state index in [1.165, 1.54) is 6.07 Å². The number of hydrogen-bond acceptors (Lipinski definition) is 3. The number of carbonyl (C=O) groups is 3. The third-order valence-electron chi connectivity index (χ3n) is 4.83. The summed E-state index contributed by atoms with van der Waals surface area (Å²) in [6, 6.07) is 11.1. The van der Waals surface area contributed by atoms with Gasteiger partial charge in [-0.25, -0.2) is 4.79 Å². The molecule has 1 saturated heterocycles. The van der Waals surface area contributed by atoms with E-state index in [4.69, 9.17) is 0 Å². The molecule has 0 bridgehead atoms. The van der Waals surface area contributed by atoms with Crippen LogP contribution in [0.1, 0.15) is 24.5 Å². The normalized spacial score (nSPS) is 19.0. The van der Waals surface area contributed by atoms with Crippen LogP contribution in [0.2, 0.25) is 0 Å². The molecule has 1 aliphatic rings. The molecule has 0 radical (unpaired) electrons. The van der Waals surface area contributed by atoms with Gasteiger partial charge in [-0.2, -0.15) is 13.2 Å². The average molecular weight is 484 g/mol. The first-order valence-electron chi connectivity index (χ1n) is 8.94. The second-order valence-corrected chi connectivity index (χ2v) is 7.54. The van der Waals surface area contributed by atoms with Gasteiger partial charge in [-0.15, -0.1) is 0 Å². The summed E-state index contributed by atoms with van der Waals surface area (Å²) >= 11 is 2.82. The van der Waals surface area contributed by atoms with Gasteiger partial charge in [0.2, 0.25) is 5.91 Å². The van der Waals surface area contributed by atoms with Gasteiger partial charge in [0.15, 0.2) is 0 Å². The highest BCUT2D eigenvalue weighted by molar-refractivity contribution is 9.10. The van der Waals surface area contributed by atoms with Crippen LogP contribution < -0.4 is 10.6 Å². The Morgan fingerprint density at radius 2 is 1.83 bits per heavy atom. The van der Waals surface area contributed by atoms with Crippen LogP contribution in [-0.4, -0.2) is 29.3 Å². The molecule has 2 aromatic rings. The maximum absolute atomic E-state index is 13.0. The molecule has 30 heavy (non-hydrogen) atoms. The maximum atomic E-state index is 13.0. The summed E-state index contributed by atoms with van der Waals surface area (Å²) in [5.74, 6) is -1.39. The summed E-state index contributed by atoms with van der Waals surface area (Å²) in [5.41, 5.74) is -1.77. The second-order valence-electron chi connectivity index (χ2n) is 6.69. The molecule has 1 atom stereocenters. The highest BCUT2D eigenvalue weighted by atomic mass is 79.9. The quantitative estimate of drug-likeness (QED) is 0.623. The number of rotatable bonds is 5. The van der Waals surface area contributed by atoms with E-state index < -0.39 is 41.7 Å². The highest BCUT2D eigenvalue weighted by Crippen LogP contribution is 2.36. The molecule has 10 heteroatoms. The molecule has 3 rings (SSSR count). The number of urea groups is 1. The van der Waals surface area contributed by atoms with Gasteiger partial charge in [-0.3, -0.25) is 14.5 Å². The van der Waals surface area contributed by atoms with Crippen LogP contribution in [0.5, 0.6) is 0 Å². The summed E-state index contributed by atoms with van der Waals surface area (Å²) in [4.78, 5) is 38.5. The number of nitrogens with one attached hydrogen (secondary N) is 2. The van der Waals surface area contributed by atoms with Crippen molar-refractivity contribution in [3.05, 3.63) is 64.1 Å². The second kappa shape index (κ2) is 8.10. The van der Waals surface area contributed by atoms with Gasteiger partial charge in [0.05, 0.1) is 5.56 Å². The van der Waals surface area contributed by atoms with E-state index >= 15 is 0 Å². The fraction of sp³-hybridized carbons (Fsp3) is 0.250. The Bertz CT molecular complexity index is 998. The van der Waals surface area contributed by atoms with Crippen molar-refractivity contribution in [2.45, 2.75) is 25.1 Å². The first-order valence-corrected chi connectivity index (χ1v) is 9.74. The lowest BCUT2D eigenvalue weighted by Gasteiger charge is -2.25. The van der Waals surface area contributed by atoms with Crippen molar-refractivity contribution in [3.8, 4) is 0 Å². The van der Waals surface area contributed by atoms with Crippen molar-refractivity contribution in [3.63, 3.8) is 0 Å². The van der Waals surface area contributed by atoms with Gasteiger partial charge in [0, 0.05) is 10.2 Å². The fourth-order valence-electron chi connectivity index (χ4n) is 3.30. The smallest absolute Gasteiger partial charge is 0.325 e. The Balaban J connectivity index is 1.78. The molecule has 2 aromatic carbocycles. The predicted molar refractivity (Wildman–Crippen MR) is 106 cm³/mol. The Labute approximate surface area is 178 Å². The van der Waals surface area contributed by atoms with E-state index in [9.17, 15) is 27.6 Å². The molecule has 1 heterocycles. The van der Waals surface area contributed by atoms with E-state index in [2.05, 4.69) is 26.6 Å². The Kier molecular flexibility index (Phi) is 5.89. The van der Waals surface area contributed by atoms with E-state index in [1.807, 2.05) is 0 Å². The lowest BCUT2D eigenvalue weighted by molar-refractivity contribution is -0.138. The molecule has 0 aromatic heterocycles. The number of carbonyl (C=O) groups excluding carboxylic acids is 3. The summed E-state index contributed by atoms with van der Waals surface area (Å²) in [6.45, 7) is 1.10. The Morgan fingerprint density at radius 3 is 2.43 bits per heavy atom. The van der Waals surface area contributed by atoms with Crippen LogP contribution in [-0.2, 0) is 21.3 Å². The lowest BCUT2D eigenvalue weighted by atomic mass is 9.87. The Morgan fingerprint density at radius 1 is 1.17 bits per heavy atom. The van der Waals surface area contributed by atoms with Gasteiger partial charge in [-0.05, 0) is 30.2 Å². The molecule has 0 unspecified atom stereocenters. The zero-order valence-electron chi connectivity index (χ0n) is 15.7. The van der Waals surface area contributed by atoms with Crippen molar-refractivity contribution < 1.29 is 27.6 Å². The molecule has 4 amide bonds. The molecule has 6 nitrogen and oxygen atoms in total. The molecule has 2 N–H and O–H groups in total. The first-order chi connectivity index (χ1) is 14.1. The Hall–Kier alpha value is -2.88. The number of anilines is 1. The van der Waals surface area contributed by atoms with E-state index in [0.29, 0.717) is 5.56 Å². The number of nitrogens with zero attached hydrogens (tertiary/aromatic N) is 1. The number of hydrogen-bond donors (Lipinski definition) is 2. The highest BCUT2D eigenvalue weighted by Gasteiger charge is 2.51. The van der Waals surface area contributed by atoms with Crippen LogP contribution >= 0.6 is 15.9 Å². The van der Waals surface area contributed by atoms with E-state index in [-0.39, 0.29) is 16.6 Å². The fourth-order valence-corrected chi connectivity index (χ4v) is 3.77. The maximum Gasteiger partial charge on any atom is 0.417 e. The topological polar surface area (TPSA) is 78.5 Å². The van der Waals surface area contributed by atoms with Crippen molar-refractivity contribution in [1.82, 2.24) is 10.2 Å². The van der Waals surface area contributed by atoms with Gasteiger partial charge < -0.3 is 10.6 Å². The molecule has 0 aliphatic carbocycles. The van der Waals surface area contributed by atoms with Crippen molar-refractivity contribution >= 4 is 39.5 Å². The van der Waals surface area contributed by atoms with Crippen LogP contribution in [0.25, 0.3) is 0 Å². The molecular weight excluding hydrogens is 467 g/mol. The number of alkyl halides is 3. The standard InChI is InChI=1S/C20H17BrF3N3O3/c1-2-19(12-6-4-3-5-7-12)17(29)27(18(30)26-19)11-16(28)25-13-8-9-15(21)14(10-13)20(22,23)24/h3-10H,2,11H2,1H3,(H,25,28)(H,26,30)/t19-/m1/s1. The number of amides is 4. The molecule has 0 spiro atoms. The van der Waals surface area contributed by atoms with Gasteiger partial charge >= 0.3 is 12.2 Å². The number of imide groups is 1. The minimum Gasteiger partial charge on any atom is -0.325 e. The van der Waals surface area contributed by atoms with Crippen molar-refractivity contribution in [2.24, 2.45) is 0 Å². The van der Waals surface area contributed by atoms with Crippen LogP contribution in [0, 0.1) is 0 Å². The zero-order valence-corrected chi connectivity index (χ0v) is 17.3. The molecule has 1 aliphatic heterocycles. The van der Waals surface area contributed by atoms with Crippen LogP contribution in [0.3, 0.4) is 0 Å². The predicted octanol–water partition coefficient (Wildman–Crippen LogP) is 4.26. The van der Waals surface area contributed by atoms with Crippen LogP contribution in [0.15, 0.2) is 53.0 Å². The molecule has 0 saturated carbocycles. The first kappa shape index (κ1) is 21.8. The SMILES string of the molecule is CC[C@]1(c2ccccc2)NC(=O)N(CC(=O)Nc2ccc(Br)c(C(F)(F)F)c2)C1=O. The summed E-state index contributed by atoms with van der Waals surface area (Å²) in [6.07, 6.45) is -4.35. The van der Waals surface area contributed by atoms with Gasteiger partial charge in [0.1, 0.15) is 12.1 Å². The summed E-state index contributed by atoms with van der Waals surface area (Å²) in [7, 11) is 0. The van der Waals surface area contributed by atoms with Gasteiger partial charge in [0.25, 0.3) is 5.91 Å². The lowest BCUT2D eigenvalue weighted by Crippen LogP contribution is -2.44. The summed E-state index contributed by atoms with van der Waals surface area (Å²) in [5, 5.41) is 4.94.